The number of rotatable bonds is 0. The summed E-state index contributed by atoms with van der Waals surface area (Å²) in [5, 5.41) is 0. The highest BCUT2D eigenvalue weighted by Gasteiger charge is 1.88. The maximum atomic E-state index is 5.40. The fraction of sp³-hybridized carbons (Fsp3) is 0.167. The summed E-state index contributed by atoms with van der Waals surface area (Å²) in [4.78, 5) is 2.95. The molecule has 3 heteroatoms. The first kappa shape index (κ1) is 8.24. The van der Waals surface area contributed by atoms with Gasteiger partial charge in [-0.15, -0.1) is 0 Å². The van der Waals surface area contributed by atoms with Gasteiger partial charge in [0, 0.05) is 6.07 Å². The summed E-state index contributed by atoms with van der Waals surface area (Å²) in [5.74, 6) is 0.713. The van der Waals surface area contributed by atoms with Crippen molar-refractivity contribution in [3.8, 4) is 0 Å². The molecule has 1 heterocycles. The van der Waals surface area contributed by atoms with Crippen molar-refractivity contribution in [2.75, 3.05) is 5.73 Å². The Morgan fingerprint density at radius 2 is 2.11 bits per heavy atom. The van der Waals surface area contributed by atoms with E-state index in [1.54, 1.807) is 0 Å². The third kappa shape index (κ3) is 2.33. The fourth-order valence-electron chi connectivity index (χ4n) is 0.607. The van der Waals surface area contributed by atoms with Gasteiger partial charge in [0.25, 0.3) is 5.82 Å². The molecule has 9 heavy (non-hydrogen) atoms. The Hall–Kier alpha value is -0.760. The third-order valence-electron chi connectivity index (χ3n) is 0.964. The highest BCUT2D eigenvalue weighted by molar-refractivity contribution is 5.19. The summed E-state index contributed by atoms with van der Waals surface area (Å²) in [6.07, 6.45) is 0. The van der Waals surface area contributed by atoms with Gasteiger partial charge in [0.15, 0.2) is 0 Å². The van der Waals surface area contributed by atoms with Crippen molar-refractivity contribution in [2.24, 2.45) is 0 Å². The number of hydrogen-bond acceptors (Lipinski definition) is 1. The lowest BCUT2D eigenvalue weighted by Gasteiger charge is -1.84. The first-order valence-electron chi connectivity index (χ1n) is 2.53. The number of hydrogen-bond donors (Lipinski definition) is 1. The molecule has 1 rings (SSSR count). The average Bonchev–Trinajstić information content (AvgIpc) is 1.64. The molecule has 0 saturated carbocycles. The van der Waals surface area contributed by atoms with Crippen molar-refractivity contribution < 1.29 is 17.4 Å². The Labute approximate surface area is 60.5 Å². The molecule has 3 N–H and O–H groups in total. The second-order valence-corrected chi connectivity index (χ2v) is 1.79. The van der Waals surface area contributed by atoms with Gasteiger partial charge in [-0.25, -0.2) is 4.98 Å². The molecule has 0 radical (unpaired) electrons. The number of halogens is 1. The standard InChI is InChI=1S/C6H8N2.ClH/c1-5-3-2-4-6(7)8-5;/h2-4H,1H3,(H2,7,8);1H. The van der Waals surface area contributed by atoms with Gasteiger partial charge >= 0.3 is 0 Å². The molecule has 0 bridgehead atoms. The average molecular weight is 145 g/mol. The van der Waals surface area contributed by atoms with Crippen molar-refractivity contribution >= 4 is 5.82 Å². The molecular formula is C6H9ClN2. The van der Waals surface area contributed by atoms with Gasteiger partial charge in [0.1, 0.15) is 0 Å². The number of aromatic amines is 1. The minimum Gasteiger partial charge on any atom is -1.00 e. The van der Waals surface area contributed by atoms with Gasteiger partial charge in [0.05, 0.1) is 5.69 Å². The number of pyridine rings is 1. The van der Waals surface area contributed by atoms with E-state index >= 15 is 0 Å². The van der Waals surface area contributed by atoms with E-state index in [-0.39, 0.29) is 12.4 Å². The molecule has 0 aromatic carbocycles. The monoisotopic (exact) mass is 144 g/mol. The minimum absolute atomic E-state index is 0. The molecule has 0 amide bonds. The Bertz CT molecular complexity index is 171. The molecule has 0 aliphatic heterocycles. The lowest BCUT2D eigenvalue weighted by molar-refractivity contribution is -0.370. The van der Waals surface area contributed by atoms with Crippen LogP contribution in [0.25, 0.3) is 0 Å². The molecule has 50 valence electrons. The highest BCUT2D eigenvalue weighted by atomic mass is 35.5. The van der Waals surface area contributed by atoms with Crippen molar-refractivity contribution in [2.45, 2.75) is 6.92 Å². The molecule has 0 unspecified atom stereocenters. The van der Waals surface area contributed by atoms with Crippen LogP contribution in [0.4, 0.5) is 5.82 Å². The maximum Gasteiger partial charge on any atom is 0.270 e. The lowest BCUT2D eigenvalue weighted by atomic mass is 10.4. The zero-order chi connectivity index (χ0) is 5.98. The topological polar surface area (TPSA) is 40.2 Å². The van der Waals surface area contributed by atoms with Crippen LogP contribution in [-0.4, -0.2) is 0 Å². The first-order valence-corrected chi connectivity index (χ1v) is 2.53. The Morgan fingerprint density at radius 3 is 2.44 bits per heavy atom. The summed E-state index contributed by atoms with van der Waals surface area (Å²) in [5.41, 5.74) is 6.49. The molecule has 0 saturated heterocycles. The van der Waals surface area contributed by atoms with Gasteiger partial charge in [-0.3, -0.25) is 5.73 Å². The summed E-state index contributed by atoms with van der Waals surface area (Å²) in [7, 11) is 0. The number of H-pyrrole nitrogens is 1. The van der Waals surface area contributed by atoms with E-state index in [4.69, 9.17) is 5.73 Å². The zero-order valence-electron chi connectivity index (χ0n) is 5.19. The van der Waals surface area contributed by atoms with E-state index in [0.717, 1.165) is 5.69 Å². The molecule has 2 nitrogen and oxygen atoms in total. The predicted molar refractivity (Wildman–Crippen MR) is 32.1 cm³/mol. The van der Waals surface area contributed by atoms with E-state index in [9.17, 15) is 0 Å². The van der Waals surface area contributed by atoms with Gasteiger partial charge in [-0.05, 0) is 13.0 Å². The number of nitrogens with two attached hydrogens (primary N) is 1. The fourth-order valence-corrected chi connectivity index (χ4v) is 0.607. The highest BCUT2D eigenvalue weighted by Crippen LogP contribution is 1.89. The zero-order valence-corrected chi connectivity index (χ0v) is 5.94. The SMILES string of the molecule is Cc1cccc(N)[nH+]1.[Cl-]. The van der Waals surface area contributed by atoms with Crippen LogP contribution in [0.3, 0.4) is 0 Å². The van der Waals surface area contributed by atoms with Crippen LogP contribution in [0.1, 0.15) is 5.69 Å². The molecule has 0 spiro atoms. The second-order valence-electron chi connectivity index (χ2n) is 1.79. The number of nitrogens with one attached hydrogen (secondary N) is 1. The number of aryl methyl sites for hydroxylation is 1. The van der Waals surface area contributed by atoms with Crippen LogP contribution in [-0.2, 0) is 0 Å². The van der Waals surface area contributed by atoms with E-state index in [0.29, 0.717) is 5.82 Å². The van der Waals surface area contributed by atoms with Crippen molar-refractivity contribution in [3.05, 3.63) is 23.9 Å². The first-order chi connectivity index (χ1) is 3.79. The third-order valence-corrected chi connectivity index (χ3v) is 0.964. The normalized spacial score (nSPS) is 8.11. The van der Waals surface area contributed by atoms with Gasteiger partial charge in [0.2, 0.25) is 0 Å². The Kier molecular flexibility index (Phi) is 3.02. The summed E-state index contributed by atoms with van der Waals surface area (Å²) in [6.45, 7) is 1.97. The number of aromatic nitrogens is 1. The number of anilines is 1. The Balaban J connectivity index is 0.000000640. The van der Waals surface area contributed by atoms with Crippen LogP contribution in [0.15, 0.2) is 18.2 Å². The predicted octanol–water partition coefficient (Wildman–Crippen LogP) is -2.60. The van der Waals surface area contributed by atoms with Crippen LogP contribution < -0.4 is 23.1 Å². The van der Waals surface area contributed by atoms with E-state index in [1.807, 2.05) is 25.1 Å². The van der Waals surface area contributed by atoms with E-state index in [1.165, 1.54) is 0 Å². The molecule has 0 fully saturated rings. The van der Waals surface area contributed by atoms with E-state index in [2.05, 4.69) is 4.98 Å². The van der Waals surface area contributed by atoms with Crippen LogP contribution >= 0.6 is 0 Å². The minimum atomic E-state index is 0. The molecule has 1 aromatic heterocycles. The molecule has 0 atom stereocenters. The van der Waals surface area contributed by atoms with Gasteiger partial charge in [-0.1, -0.05) is 6.07 Å². The summed E-state index contributed by atoms with van der Waals surface area (Å²) < 4.78 is 0. The van der Waals surface area contributed by atoms with Gasteiger partial charge in [-0.2, -0.15) is 0 Å². The number of nitrogen functional groups attached to an aromatic ring is 1. The van der Waals surface area contributed by atoms with Crippen LogP contribution in [0.5, 0.6) is 0 Å². The quantitative estimate of drug-likeness (QED) is 0.426. The molecule has 0 aliphatic rings. The van der Waals surface area contributed by atoms with Gasteiger partial charge < -0.3 is 12.4 Å². The van der Waals surface area contributed by atoms with E-state index < -0.39 is 0 Å². The van der Waals surface area contributed by atoms with Crippen LogP contribution in [0.2, 0.25) is 0 Å². The Morgan fingerprint density at radius 1 is 1.44 bits per heavy atom. The largest absolute Gasteiger partial charge is 1.00 e. The lowest BCUT2D eigenvalue weighted by Crippen LogP contribution is -3.00. The summed E-state index contributed by atoms with van der Waals surface area (Å²) in [6, 6.07) is 5.71. The maximum absolute atomic E-state index is 5.40. The van der Waals surface area contributed by atoms with Crippen molar-refractivity contribution in [1.29, 1.82) is 0 Å². The summed E-state index contributed by atoms with van der Waals surface area (Å²) >= 11 is 0. The smallest absolute Gasteiger partial charge is 0.270 e. The van der Waals surface area contributed by atoms with Crippen molar-refractivity contribution in [3.63, 3.8) is 0 Å². The molecule has 0 aliphatic carbocycles. The molecule has 1 aromatic rings. The molecular weight excluding hydrogens is 136 g/mol. The second kappa shape index (κ2) is 3.30. The van der Waals surface area contributed by atoms with Crippen molar-refractivity contribution in [1.82, 2.24) is 0 Å². The van der Waals surface area contributed by atoms with Crippen LogP contribution in [0, 0.1) is 6.92 Å².